The van der Waals surface area contributed by atoms with Gasteiger partial charge in [0.05, 0.1) is 0 Å². The number of allylic oxidation sites excluding steroid dienone is 4. The van der Waals surface area contributed by atoms with Gasteiger partial charge in [-0.15, -0.1) is 0 Å². The van der Waals surface area contributed by atoms with Crippen LogP contribution in [0.5, 0.6) is 0 Å². The molecule has 4 rings (SSSR count). The molecule has 0 aromatic heterocycles. The summed E-state index contributed by atoms with van der Waals surface area (Å²) in [4.78, 5) is 13.3. The standard InChI is InChI=1S/C25H20O/c1-17-11-9-10-16-21(17)22-18(2)25(26)24(20-14-7-4-8-15-20)23(22)19-12-5-3-6-13-19/h3-16H,1-2H3. The van der Waals surface area contributed by atoms with Gasteiger partial charge in [0.25, 0.3) is 0 Å². The molecule has 0 bridgehead atoms. The molecule has 3 aromatic carbocycles. The molecule has 126 valence electrons. The highest BCUT2D eigenvalue weighted by atomic mass is 16.1. The summed E-state index contributed by atoms with van der Waals surface area (Å²) in [6, 6.07) is 28.5. The number of carbonyl (C=O) groups is 1. The Kier molecular flexibility index (Phi) is 4.14. The topological polar surface area (TPSA) is 17.1 Å². The third-order valence-corrected chi connectivity index (χ3v) is 4.98. The molecule has 1 nitrogen and oxygen atoms in total. The van der Waals surface area contributed by atoms with Crippen LogP contribution in [0, 0.1) is 6.92 Å². The Morgan fingerprint density at radius 1 is 0.538 bits per heavy atom. The predicted molar refractivity (Wildman–Crippen MR) is 108 cm³/mol. The lowest BCUT2D eigenvalue weighted by molar-refractivity contribution is -0.110. The lowest BCUT2D eigenvalue weighted by Gasteiger charge is -2.14. The zero-order valence-corrected chi connectivity index (χ0v) is 15.0. The molecular weight excluding hydrogens is 316 g/mol. The molecular formula is C25H20O. The van der Waals surface area contributed by atoms with Gasteiger partial charge in [-0.1, -0.05) is 84.9 Å². The third-order valence-electron chi connectivity index (χ3n) is 4.98. The fraction of sp³-hybridized carbons (Fsp3) is 0.0800. The average molecular weight is 336 g/mol. The van der Waals surface area contributed by atoms with Crippen molar-refractivity contribution in [3.63, 3.8) is 0 Å². The molecule has 0 saturated heterocycles. The number of rotatable bonds is 3. The number of ketones is 1. The van der Waals surface area contributed by atoms with Crippen LogP contribution in [-0.4, -0.2) is 5.78 Å². The van der Waals surface area contributed by atoms with E-state index in [9.17, 15) is 4.79 Å². The minimum Gasteiger partial charge on any atom is -0.289 e. The molecule has 0 spiro atoms. The Morgan fingerprint density at radius 2 is 1.04 bits per heavy atom. The maximum Gasteiger partial charge on any atom is 0.190 e. The largest absolute Gasteiger partial charge is 0.289 e. The zero-order valence-electron chi connectivity index (χ0n) is 15.0. The maximum absolute atomic E-state index is 13.3. The van der Waals surface area contributed by atoms with Crippen LogP contribution in [0.25, 0.3) is 16.7 Å². The second kappa shape index (κ2) is 6.61. The molecule has 0 unspecified atom stereocenters. The second-order valence-electron chi connectivity index (χ2n) is 6.63. The van der Waals surface area contributed by atoms with Crippen molar-refractivity contribution < 1.29 is 4.79 Å². The van der Waals surface area contributed by atoms with Gasteiger partial charge in [0.1, 0.15) is 0 Å². The molecule has 0 radical (unpaired) electrons. The van der Waals surface area contributed by atoms with Gasteiger partial charge in [-0.2, -0.15) is 0 Å². The van der Waals surface area contributed by atoms with Gasteiger partial charge in [0, 0.05) is 16.7 Å². The van der Waals surface area contributed by atoms with Gasteiger partial charge in [-0.05, 0) is 41.7 Å². The molecule has 0 atom stereocenters. The van der Waals surface area contributed by atoms with E-state index < -0.39 is 0 Å². The van der Waals surface area contributed by atoms with Crippen LogP contribution in [0.15, 0.2) is 90.5 Å². The third kappa shape index (κ3) is 2.62. The fourth-order valence-corrected chi connectivity index (χ4v) is 3.69. The van der Waals surface area contributed by atoms with Crippen molar-refractivity contribution in [3.8, 4) is 0 Å². The summed E-state index contributed by atoms with van der Waals surface area (Å²) in [5, 5.41) is 0. The van der Waals surface area contributed by atoms with Crippen LogP contribution in [0.4, 0.5) is 0 Å². The van der Waals surface area contributed by atoms with E-state index in [1.54, 1.807) is 0 Å². The minimum atomic E-state index is 0.119. The number of hydrogen-bond acceptors (Lipinski definition) is 1. The van der Waals surface area contributed by atoms with E-state index in [0.717, 1.165) is 39.0 Å². The van der Waals surface area contributed by atoms with Crippen molar-refractivity contribution >= 4 is 22.5 Å². The molecule has 26 heavy (non-hydrogen) atoms. The summed E-state index contributed by atoms with van der Waals surface area (Å²) < 4.78 is 0. The average Bonchev–Trinajstić information content (AvgIpc) is 2.95. The summed E-state index contributed by atoms with van der Waals surface area (Å²) in [5.41, 5.74) is 8.06. The molecule has 0 aliphatic heterocycles. The predicted octanol–water partition coefficient (Wildman–Crippen LogP) is 5.96. The lowest BCUT2D eigenvalue weighted by Crippen LogP contribution is -1.99. The second-order valence-corrected chi connectivity index (χ2v) is 6.63. The normalized spacial score (nSPS) is 14.3. The molecule has 0 N–H and O–H groups in total. The molecule has 1 aliphatic carbocycles. The molecule has 0 fully saturated rings. The summed E-state index contributed by atoms with van der Waals surface area (Å²) in [6.45, 7) is 4.05. The van der Waals surface area contributed by atoms with Gasteiger partial charge in [0.2, 0.25) is 0 Å². The quantitative estimate of drug-likeness (QED) is 0.576. The first-order valence-electron chi connectivity index (χ1n) is 8.85. The first-order valence-corrected chi connectivity index (χ1v) is 8.85. The van der Waals surface area contributed by atoms with E-state index in [4.69, 9.17) is 0 Å². The Labute approximate surface area is 154 Å². The zero-order chi connectivity index (χ0) is 18.1. The van der Waals surface area contributed by atoms with E-state index >= 15 is 0 Å². The van der Waals surface area contributed by atoms with Crippen molar-refractivity contribution in [2.45, 2.75) is 13.8 Å². The van der Waals surface area contributed by atoms with Gasteiger partial charge >= 0.3 is 0 Å². The monoisotopic (exact) mass is 336 g/mol. The van der Waals surface area contributed by atoms with Gasteiger partial charge in [-0.25, -0.2) is 0 Å². The minimum absolute atomic E-state index is 0.119. The SMILES string of the molecule is CC1=C(c2ccccc2C)C(c2ccccc2)=C(c2ccccc2)C1=O. The Balaban J connectivity index is 2.05. The summed E-state index contributed by atoms with van der Waals surface area (Å²) in [5.74, 6) is 0.119. The maximum atomic E-state index is 13.3. The highest BCUT2D eigenvalue weighted by Crippen LogP contribution is 2.46. The van der Waals surface area contributed by atoms with Crippen LogP contribution in [0.1, 0.15) is 29.2 Å². The number of hydrogen-bond donors (Lipinski definition) is 0. The highest BCUT2D eigenvalue weighted by molar-refractivity contribution is 6.47. The molecule has 1 heteroatoms. The Hall–Kier alpha value is -3.19. The number of carbonyl (C=O) groups excluding carboxylic acids is 1. The first kappa shape index (κ1) is 16.3. The van der Waals surface area contributed by atoms with E-state index in [2.05, 4.69) is 31.2 Å². The van der Waals surface area contributed by atoms with Crippen molar-refractivity contribution in [2.75, 3.05) is 0 Å². The van der Waals surface area contributed by atoms with Gasteiger partial charge in [0.15, 0.2) is 5.78 Å². The first-order chi connectivity index (χ1) is 12.7. The fourth-order valence-electron chi connectivity index (χ4n) is 3.69. The van der Waals surface area contributed by atoms with Crippen LogP contribution in [0.2, 0.25) is 0 Å². The summed E-state index contributed by atoms with van der Waals surface area (Å²) in [6.07, 6.45) is 0. The van der Waals surface area contributed by atoms with E-state index in [1.165, 1.54) is 5.56 Å². The number of benzene rings is 3. The van der Waals surface area contributed by atoms with E-state index in [0.29, 0.717) is 0 Å². The van der Waals surface area contributed by atoms with Crippen LogP contribution in [0.3, 0.4) is 0 Å². The number of Topliss-reactive ketones (excluding diaryl/α,β-unsaturated/α-hetero) is 1. The molecule has 0 saturated carbocycles. The summed E-state index contributed by atoms with van der Waals surface area (Å²) >= 11 is 0. The lowest BCUT2D eigenvalue weighted by atomic mass is 9.88. The van der Waals surface area contributed by atoms with Gasteiger partial charge in [-0.3, -0.25) is 4.79 Å². The van der Waals surface area contributed by atoms with Crippen molar-refractivity contribution in [2.24, 2.45) is 0 Å². The van der Waals surface area contributed by atoms with Crippen molar-refractivity contribution in [1.82, 2.24) is 0 Å². The van der Waals surface area contributed by atoms with Crippen molar-refractivity contribution in [1.29, 1.82) is 0 Å². The molecule has 0 heterocycles. The smallest absolute Gasteiger partial charge is 0.190 e. The Morgan fingerprint density at radius 3 is 1.62 bits per heavy atom. The summed E-state index contributed by atoms with van der Waals surface area (Å²) in [7, 11) is 0. The molecule has 1 aliphatic rings. The van der Waals surface area contributed by atoms with Gasteiger partial charge < -0.3 is 0 Å². The highest BCUT2D eigenvalue weighted by Gasteiger charge is 2.32. The van der Waals surface area contributed by atoms with Crippen molar-refractivity contribution in [3.05, 3.63) is 113 Å². The van der Waals surface area contributed by atoms with Crippen LogP contribution < -0.4 is 0 Å². The van der Waals surface area contributed by atoms with Crippen LogP contribution in [-0.2, 0) is 4.79 Å². The number of aryl methyl sites for hydroxylation is 1. The molecule has 0 amide bonds. The molecule has 3 aromatic rings. The van der Waals surface area contributed by atoms with E-state index in [-0.39, 0.29) is 5.78 Å². The van der Waals surface area contributed by atoms with Crippen LogP contribution >= 0.6 is 0 Å². The Bertz CT molecular complexity index is 1040. The van der Waals surface area contributed by atoms with E-state index in [1.807, 2.05) is 67.6 Å².